The van der Waals surface area contributed by atoms with Gasteiger partial charge in [0.25, 0.3) is 0 Å². The molecule has 1 saturated heterocycles. The summed E-state index contributed by atoms with van der Waals surface area (Å²) in [5.41, 5.74) is 3.90. The van der Waals surface area contributed by atoms with Gasteiger partial charge in [0.1, 0.15) is 5.75 Å². The molecular weight excluding hydrogens is 414 g/mol. The first kappa shape index (κ1) is 22.6. The minimum Gasteiger partial charge on any atom is -0.497 e. The van der Waals surface area contributed by atoms with Crippen LogP contribution in [0.2, 0.25) is 0 Å². The maximum Gasteiger partial charge on any atom is 0.310 e. The molecule has 0 bridgehead atoms. The van der Waals surface area contributed by atoms with Crippen LogP contribution >= 0.6 is 0 Å². The van der Waals surface area contributed by atoms with E-state index in [9.17, 15) is 14.7 Å². The van der Waals surface area contributed by atoms with E-state index >= 15 is 0 Å². The Balaban J connectivity index is 1.56. The number of carboxylic acids is 1. The number of β-lactam (4-membered cyclic amide) rings is 1. The van der Waals surface area contributed by atoms with Gasteiger partial charge >= 0.3 is 5.97 Å². The van der Waals surface area contributed by atoms with Crippen LogP contribution in [-0.4, -0.2) is 24.1 Å². The second kappa shape index (κ2) is 9.90. The summed E-state index contributed by atoms with van der Waals surface area (Å²) >= 11 is 0. The molecule has 1 heterocycles. The van der Waals surface area contributed by atoms with Crippen molar-refractivity contribution in [3.05, 3.63) is 95.6 Å². The van der Waals surface area contributed by atoms with E-state index in [2.05, 4.69) is 12.1 Å². The predicted octanol–water partition coefficient (Wildman–Crippen LogP) is 5.61. The number of carbonyl (C=O) groups is 2. The summed E-state index contributed by atoms with van der Waals surface area (Å²) < 4.78 is 5.26. The van der Waals surface area contributed by atoms with Crippen molar-refractivity contribution < 1.29 is 19.4 Å². The largest absolute Gasteiger partial charge is 0.497 e. The molecule has 0 aromatic heterocycles. The molecule has 3 aromatic rings. The Kier molecular flexibility index (Phi) is 6.78. The highest BCUT2D eigenvalue weighted by molar-refractivity contribution is 6.03. The van der Waals surface area contributed by atoms with Gasteiger partial charge in [0.2, 0.25) is 5.91 Å². The lowest BCUT2D eigenvalue weighted by atomic mass is 9.78. The second-order valence-electron chi connectivity index (χ2n) is 8.56. The number of hydrogen-bond acceptors (Lipinski definition) is 3. The highest BCUT2D eigenvalue weighted by Gasteiger charge is 2.48. The lowest BCUT2D eigenvalue weighted by Crippen LogP contribution is -2.55. The highest BCUT2D eigenvalue weighted by Crippen LogP contribution is 2.46. The number of methoxy groups -OCH3 is 1. The van der Waals surface area contributed by atoms with Gasteiger partial charge in [-0.2, -0.15) is 0 Å². The lowest BCUT2D eigenvalue weighted by molar-refractivity contribution is -0.138. The zero-order chi connectivity index (χ0) is 23.4. The molecule has 1 aliphatic heterocycles. The molecule has 1 N–H and O–H groups in total. The standard InChI is InChI=1S/C28H29NO4/c1-19(28(31)32)21-11-13-22(14-12-21)26-25(10-6-9-20-7-4-3-5-8-20)27(30)29(26)23-15-17-24(33-2)18-16-23/h3-5,7-8,11-19,25-26H,6,9-10H2,1-2H3,(H,31,32)/t19?,25-,26-/m1/s1. The van der Waals surface area contributed by atoms with Gasteiger partial charge in [-0.25, -0.2) is 0 Å². The van der Waals surface area contributed by atoms with Crippen LogP contribution in [0.3, 0.4) is 0 Å². The SMILES string of the molecule is COc1ccc(N2C(=O)[C@H](CCCc3ccccc3)[C@H]2c2ccc(C(C)C(=O)O)cc2)cc1. The lowest BCUT2D eigenvalue weighted by Gasteiger charge is -2.48. The molecule has 1 amide bonds. The van der Waals surface area contributed by atoms with Crippen LogP contribution in [0.25, 0.3) is 0 Å². The van der Waals surface area contributed by atoms with E-state index in [0.717, 1.165) is 41.8 Å². The number of aryl methyl sites for hydroxylation is 1. The van der Waals surface area contributed by atoms with E-state index in [1.54, 1.807) is 14.0 Å². The van der Waals surface area contributed by atoms with Gasteiger partial charge in [0.15, 0.2) is 0 Å². The van der Waals surface area contributed by atoms with E-state index in [4.69, 9.17) is 4.74 Å². The Morgan fingerprint density at radius 1 is 1.00 bits per heavy atom. The van der Waals surface area contributed by atoms with Crippen LogP contribution in [0.1, 0.15) is 48.4 Å². The molecule has 0 saturated carbocycles. The minimum atomic E-state index is -0.847. The normalized spacial score (nSPS) is 18.5. The quantitative estimate of drug-likeness (QED) is 0.437. The van der Waals surface area contributed by atoms with E-state index < -0.39 is 11.9 Å². The molecule has 170 valence electrons. The molecule has 33 heavy (non-hydrogen) atoms. The van der Waals surface area contributed by atoms with E-state index in [0.29, 0.717) is 0 Å². The molecule has 0 aliphatic carbocycles. The Hall–Kier alpha value is -3.60. The molecular formula is C28H29NO4. The molecule has 0 spiro atoms. The molecule has 4 rings (SSSR count). The fraction of sp³-hybridized carbons (Fsp3) is 0.286. The van der Waals surface area contributed by atoms with Crippen LogP contribution in [-0.2, 0) is 16.0 Å². The van der Waals surface area contributed by atoms with Crippen molar-refractivity contribution in [1.82, 2.24) is 0 Å². The number of rotatable bonds is 9. The number of nitrogens with zero attached hydrogens (tertiary/aromatic N) is 1. The number of amides is 1. The van der Waals surface area contributed by atoms with Crippen molar-refractivity contribution >= 4 is 17.6 Å². The first-order chi connectivity index (χ1) is 16.0. The predicted molar refractivity (Wildman–Crippen MR) is 129 cm³/mol. The fourth-order valence-corrected chi connectivity index (χ4v) is 4.54. The van der Waals surface area contributed by atoms with Crippen LogP contribution in [0.5, 0.6) is 5.75 Å². The van der Waals surface area contributed by atoms with Gasteiger partial charge in [-0.05, 0) is 67.1 Å². The minimum absolute atomic E-state index is 0.0733. The first-order valence-corrected chi connectivity index (χ1v) is 11.3. The summed E-state index contributed by atoms with van der Waals surface area (Å²) in [6, 6.07) is 25.4. The van der Waals surface area contributed by atoms with Crippen molar-refractivity contribution in [1.29, 1.82) is 0 Å². The number of ether oxygens (including phenoxy) is 1. The monoisotopic (exact) mass is 443 g/mol. The Morgan fingerprint density at radius 2 is 1.67 bits per heavy atom. The number of carboxylic acid groups (broad SMARTS) is 1. The topological polar surface area (TPSA) is 66.8 Å². The number of carbonyl (C=O) groups excluding carboxylic acids is 1. The van der Waals surface area contributed by atoms with Crippen LogP contribution in [0, 0.1) is 5.92 Å². The van der Waals surface area contributed by atoms with Crippen LogP contribution in [0.15, 0.2) is 78.9 Å². The first-order valence-electron chi connectivity index (χ1n) is 11.3. The van der Waals surface area contributed by atoms with Gasteiger partial charge in [-0.1, -0.05) is 54.6 Å². The summed E-state index contributed by atoms with van der Waals surface area (Å²) in [5.74, 6) is -0.642. The molecule has 5 heteroatoms. The smallest absolute Gasteiger partial charge is 0.310 e. The molecule has 1 aliphatic rings. The highest BCUT2D eigenvalue weighted by atomic mass is 16.5. The van der Waals surface area contributed by atoms with Crippen molar-refractivity contribution in [3.8, 4) is 5.75 Å². The van der Waals surface area contributed by atoms with Gasteiger partial charge in [-0.3, -0.25) is 9.59 Å². The summed E-state index contributed by atoms with van der Waals surface area (Å²) in [6.45, 7) is 1.68. The maximum atomic E-state index is 13.2. The van der Waals surface area contributed by atoms with Gasteiger partial charge in [-0.15, -0.1) is 0 Å². The van der Waals surface area contributed by atoms with Crippen LogP contribution in [0.4, 0.5) is 5.69 Å². The summed E-state index contributed by atoms with van der Waals surface area (Å²) in [6.07, 6.45) is 2.68. The third kappa shape index (κ3) is 4.77. The number of aliphatic carboxylic acids is 1. The van der Waals surface area contributed by atoms with Crippen molar-refractivity contribution in [2.75, 3.05) is 12.0 Å². The Labute approximate surface area is 194 Å². The van der Waals surface area contributed by atoms with Gasteiger partial charge in [0, 0.05) is 5.69 Å². The zero-order valence-corrected chi connectivity index (χ0v) is 19.0. The summed E-state index contributed by atoms with van der Waals surface area (Å²) in [4.78, 5) is 26.4. The van der Waals surface area contributed by atoms with Gasteiger partial charge in [0.05, 0.1) is 25.0 Å². The average Bonchev–Trinajstić information content (AvgIpc) is 2.85. The van der Waals surface area contributed by atoms with E-state index in [1.807, 2.05) is 71.6 Å². The number of benzene rings is 3. The number of anilines is 1. The zero-order valence-electron chi connectivity index (χ0n) is 19.0. The number of hydrogen-bond donors (Lipinski definition) is 1. The van der Waals surface area contributed by atoms with E-state index in [-0.39, 0.29) is 17.9 Å². The average molecular weight is 444 g/mol. The van der Waals surface area contributed by atoms with Crippen molar-refractivity contribution in [3.63, 3.8) is 0 Å². The Morgan fingerprint density at radius 3 is 2.27 bits per heavy atom. The van der Waals surface area contributed by atoms with Crippen molar-refractivity contribution in [2.45, 2.75) is 38.1 Å². The second-order valence-corrected chi connectivity index (χ2v) is 8.56. The van der Waals surface area contributed by atoms with Crippen molar-refractivity contribution in [2.24, 2.45) is 5.92 Å². The molecule has 5 nitrogen and oxygen atoms in total. The molecule has 3 aromatic carbocycles. The van der Waals surface area contributed by atoms with Crippen LogP contribution < -0.4 is 9.64 Å². The molecule has 1 unspecified atom stereocenters. The summed E-state index contributed by atoms with van der Waals surface area (Å²) in [7, 11) is 1.62. The maximum absolute atomic E-state index is 13.2. The summed E-state index contributed by atoms with van der Waals surface area (Å²) in [5, 5.41) is 9.31. The van der Waals surface area contributed by atoms with Gasteiger partial charge < -0.3 is 14.7 Å². The molecule has 3 atom stereocenters. The third-order valence-electron chi connectivity index (χ3n) is 6.54. The molecule has 0 radical (unpaired) electrons. The fourth-order valence-electron chi connectivity index (χ4n) is 4.54. The molecule has 1 fully saturated rings. The Bertz CT molecular complexity index is 1090. The third-order valence-corrected chi connectivity index (χ3v) is 6.54. The van der Waals surface area contributed by atoms with E-state index in [1.165, 1.54) is 5.56 Å².